The molecule has 1 N–H and O–H groups in total. The standard InChI is InChI=1S/C15H8N2O7/c18-12-6-14(8-2-1-3-9(4-8)16(20)21)24-15-7-13(19)11(17(22)23)5-10(12)15/h1-7,19H. The summed E-state index contributed by atoms with van der Waals surface area (Å²) in [5, 5.41) is 31.2. The summed E-state index contributed by atoms with van der Waals surface area (Å²) < 4.78 is 5.47. The summed E-state index contributed by atoms with van der Waals surface area (Å²) in [7, 11) is 0. The summed E-state index contributed by atoms with van der Waals surface area (Å²) in [6.45, 7) is 0. The van der Waals surface area contributed by atoms with Gasteiger partial charge in [-0.15, -0.1) is 0 Å². The van der Waals surface area contributed by atoms with E-state index in [0.717, 1.165) is 18.2 Å². The van der Waals surface area contributed by atoms with Gasteiger partial charge < -0.3 is 9.52 Å². The molecule has 0 atom stereocenters. The van der Waals surface area contributed by atoms with Gasteiger partial charge in [-0.3, -0.25) is 25.0 Å². The molecule has 3 rings (SSSR count). The molecule has 0 radical (unpaired) electrons. The molecule has 0 amide bonds. The van der Waals surface area contributed by atoms with Gasteiger partial charge in [0.05, 0.1) is 15.2 Å². The molecule has 0 bridgehead atoms. The Labute approximate surface area is 132 Å². The predicted molar refractivity (Wildman–Crippen MR) is 82.9 cm³/mol. The van der Waals surface area contributed by atoms with Crippen LogP contribution in [0.2, 0.25) is 0 Å². The van der Waals surface area contributed by atoms with Crippen molar-refractivity contribution in [2.24, 2.45) is 0 Å². The summed E-state index contributed by atoms with van der Waals surface area (Å²) >= 11 is 0. The van der Waals surface area contributed by atoms with Crippen molar-refractivity contribution in [3.8, 4) is 17.1 Å². The Morgan fingerprint density at radius 3 is 2.42 bits per heavy atom. The Balaban J connectivity index is 2.23. The largest absolute Gasteiger partial charge is 0.502 e. The van der Waals surface area contributed by atoms with Crippen molar-refractivity contribution in [3.63, 3.8) is 0 Å². The average molecular weight is 328 g/mol. The van der Waals surface area contributed by atoms with Gasteiger partial charge in [-0.05, 0) is 0 Å². The molecule has 1 aromatic heterocycles. The highest BCUT2D eigenvalue weighted by Gasteiger charge is 2.18. The van der Waals surface area contributed by atoms with Crippen molar-refractivity contribution in [1.29, 1.82) is 0 Å². The number of phenols is 1. The number of hydrogen-bond donors (Lipinski definition) is 1. The van der Waals surface area contributed by atoms with E-state index < -0.39 is 26.7 Å². The topological polar surface area (TPSA) is 137 Å². The van der Waals surface area contributed by atoms with Crippen LogP contribution in [-0.4, -0.2) is 15.0 Å². The number of fused-ring (bicyclic) bond motifs is 1. The molecule has 24 heavy (non-hydrogen) atoms. The van der Waals surface area contributed by atoms with Crippen LogP contribution in [0.1, 0.15) is 0 Å². The second-order valence-electron chi connectivity index (χ2n) is 4.88. The molecule has 0 aliphatic carbocycles. The molecule has 3 aromatic rings. The molecule has 0 fully saturated rings. The van der Waals surface area contributed by atoms with E-state index in [4.69, 9.17) is 4.42 Å². The maximum Gasteiger partial charge on any atom is 0.311 e. The number of nitro groups is 2. The number of non-ortho nitro benzene ring substituents is 1. The number of nitrogens with zero attached hydrogens (tertiary/aromatic N) is 2. The van der Waals surface area contributed by atoms with E-state index in [1.54, 1.807) is 0 Å². The minimum atomic E-state index is -0.817. The monoisotopic (exact) mass is 328 g/mol. The molecule has 1 heterocycles. The van der Waals surface area contributed by atoms with E-state index in [2.05, 4.69) is 0 Å². The minimum absolute atomic E-state index is 0.0458. The molecular weight excluding hydrogens is 320 g/mol. The first-order valence-electron chi connectivity index (χ1n) is 6.57. The molecule has 0 saturated carbocycles. The summed E-state index contributed by atoms with van der Waals surface area (Å²) in [5.41, 5.74) is -1.13. The molecule has 0 aliphatic heterocycles. The van der Waals surface area contributed by atoms with Gasteiger partial charge in [-0.25, -0.2) is 0 Å². The third-order valence-electron chi connectivity index (χ3n) is 3.36. The van der Waals surface area contributed by atoms with Crippen LogP contribution in [0, 0.1) is 20.2 Å². The Kier molecular flexibility index (Phi) is 3.45. The van der Waals surface area contributed by atoms with Crippen LogP contribution in [0.3, 0.4) is 0 Å². The van der Waals surface area contributed by atoms with Crippen LogP contribution < -0.4 is 5.43 Å². The van der Waals surface area contributed by atoms with E-state index >= 15 is 0 Å². The highest BCUT2D eigenvalue weighted by atomic mass is 16.6. The fraction of sp³-hybridized carbons (Fsp3) is 0. The SMILES string of the molecule is O=c1cc(-c2cccc([N+](=O)[O-])c2)oc2cc(O)c([N+](=O)[O-])cc12. The second kappa shape index (κ2) is 5.47. The third-order valence-corrected chi connectivity index (χ3v) is 3.36. The molecule has 9 nitrogen and oxygen atoms in total. The van der Waals surface area contributed by atoms with E-state index in [9.17, 15) is 30.1 Å². The van der Waals surface area contributed by atoms with Gasteiger partial charge in [-0.1, -0.05) is 12.1 Å². The Bertz CT molecular complexity index is 1060. The van der Waals surface area contributed by atoms with E-state index in [-0.39, 0.29) is 22.4 Å². The molecule has 0 aliphatic rings. The summed E-state index contributed by atoms with van der Waals surface area (Å²) in [6, 6.07) is 8.45. The number of hydrogen-bond acceptors (Lipinski definition) is 7. The van der Waals surface area contributed by atoms with Gasteiger partial charge in [0.2, 0.25) is 0 Å². The van der Waals surface area contributed by atoms with Crippen LogP contribution in [0.5, 0.6) is 5.75 Å². The summed E-state index contributed by atoms with van der Waals surface area (Å²) in [4.78, 5) is 32.4. The first kappa shape index (κ1) is 15.2. The smallest absolute Gasteiger partial charge is 0.311 e. The zero-order chi connectivity index (χ0) is 17.4. The van der Waals surface area contributed by atoms with Crippen molar-refractivity contribution in [2.75, 3.05) is 0 Å². The molecule has 0 unspecified atom stereocenters. The first-order valence-corrected chi connectivity index (χ1v) is 6.57. The normalized spacial score (nSPS) is 10.7. The third kappa shape index (κ3) is 2.54. The Morgan fingerprint density at radius 1 is 1.00 bits per heavy atom. The molecule has 9 heteroatoms. The lowest BCUT2D eigenvalue weighted by Gasteiger charge is -2.04. The van der Waals surface area contributed by atoms with Crippen LogP contribution in [0.15, 0.2) is 51.7 Å². The maximum atomic E-state index is 12.2. The second-order valence-corrected chi connectivity index (χ2v) is 4.88. The van der Waals surface area contributed by atoms with Crippen molar-refractivity contribution >= 4 is 22.3 Å². The molecule has 0 spiro atoms. The van der Waals surface area contributed by atoms with Gasteiger partial charge >= 0.3 is 5.69 Å². The molecule has 0 saturated heterocycles. The molecule has 2 aromatic carbocycles. The van der Waals surface area contributed by atoms with Crippen LogP contribution >= 0.6 is 0 Å². The average Bonchev–Trinajstić information content (AvgIpc) is 2.53. The summed E-state index contributed by atoms with van der Waals surface area (Å²) in [5.74, 6) is -0.601. The zero-order valence-electron chi connectivity index (χ0n) is 11.8. The summed E-state index contributed by atoms with van der Waals surface area (Å²) in [6.07, 6.45) is 0. The zero-order valence-corrected chi connectivity index (χ0v) is 11.8. The molecule has 120 valence electrons. The Hall–Kier alpha value is -3.75. The number of nitro benzene ring substituents is 2. The minimum Gasteiger partial charge on any atom is -0.502 e. The van der Waals surface area contributed by atoms with Crippen molar-refractivity contribution in [1.82, 2.24) is 0 Å². The van der Waals surface area contributed by atoms with Crippen molar-refractivity contribution < 1.29 is 19.4 Å². The van der Waals surface area contributed by atoms with Crippen molar-refractivity contribution in [3.05, 3.63) is 72.9 Å². The van der Waals surface area contributed by atoms with Gasteiger partial charge in [0.25, 0.3) is 5.69 Å². The lowest BCUT2D eigenvalue weighted by Crippen LogP contribution is -2.01. The number of benzene rings is 2. The highest BCUT2D eigenvalue weighted by molar-refractivity contribution is 5.83. The number of aromatic hydroxyl groups is 1. The predicted octanol–water partition coefficient (Wildman–Crippen LogP) is 2.98. The highest BCUT2D eigenvalue weighted by Crippen LogP contribution is 2.32. The number of rotatable bonds is 3. The van der Waals surface area contributed by atoms with Crippen LogP contribution in [0.25, 0.3) is 22.3 Å². The van der Waals surface area contributed by atoms with Gasteiger partial charge in [-0.2, -0.15) is 0 Å². The molecular formula is C15H8N2O7. The lowest BCUT2D eigenvalue weighted by molar-refractivity contribution is -0.385. The van der Waals surface area contributed by atoms with Crippen LogP contribution in [-0.2, 0) is 0 Å². The lowest BCUT2D eigenvalue weighted by atomic mass is 10.1. The fourth-order valence-corrected chi connectivity index (χ4v) is 2.24. The van der Waals surface area contributed by atoms with Gasteiger partial charge in [0, 0.05) is 35.9 Å². The van der Waals surface area contributed by atoms with Gasteiger partial charge in [0.1, 0.15) is 11.3 Å². The van der Waals surface area contributed by atoms with Gasteiger partial charge in [0.15, 0.2) is 11.2 Å². The number of phenolic OH excluding ortho intramolecular Hbond substituents is 1. The maximum absolute atomic E-state index is 12.2. The van der Waals surface area contributed by atoms with E-state index in [1.807, 2.05) is 0 Å². The van der Waals surface area contributed by atoms with Crippen molar-refractivity contribution in [2.45, 2.75) is 0 Å². The van der Waals surface area contributed by atoms with Crippen LogP contribution in [0.4, 0.5) is 11.4 Å². The quantitative estimate of drug-likeness (QED) is 0.576. The fourth-order valence-electron chi connectivity index (χ4n) is 2.24. The van der Waals surface area contributed by atoms with E-state index in [1.165, 1.54) is 24.3 Å². The Morgan fingerprint density at radius 2 is 1.75 bits per heavy atom. The van der Waals surface area contributed by atoms with E-state index in [0.29, 0.717) is 5.56 Å². The first-order chi connectivity index (χ1) is 11.4.